The lowest BCUT2D eigenvalue weighted by atomic mass is 10.1. The van der Waals surface area contributed by atoms with Crippen LogP contribution in [0.5, 0.6) is 11.5 Å². The van der Waals surface area contributed by atoms with E-state index in [1.165, 1.54) is 6.07 Å². The first-order valence-electron chi connectivity index (χ1n) is 6.83. The second-order valence-electron chi connectivity index (χ2n) is 4.77. The molecule has 0 unspecified atom stereocenters. The maximum Gasteiger partial charge on any atom is 0.250 e. The molecule has 0 amide bonds. The zero-order valence-electron chi connectivity index (χ0n) is 12.3. The van der Waals surface area contributed by atoms with E-state index in [0.29, 0.717) is 24.7 Å². The van der Waals surface area contributed by atoms with Crippen LogP contribution in [0, 0.1) is 0 Å². The molecular weight excluding hydrogens is 268 g/mol. The number of ether oxygens (including phenoxy) is 2. The Morgan fingerprint density at radius 1 is 1.29 bits per heavy atom. The third-order valence-corrected chi connectivity index (χ3v) is 3.20. The second kappa shape index (κ2) is 6.95. The average molecular weight is 288 g/mol. The molecule has 0 fully saturated rings. The van der Waals surface area contributed by atoms with Crippen LogP contribution in [0.3, 0.4) is 0 Å². The lowest BCUT2D eigenvalue weighted by Gasteiger charge is -2.15. The number of benzene rings is 1. The largest absolute Gasteiger partial charge is 0.497 e. The highest BCUT2D eigenvalue weighted by Crippen LogP contribution is 2.28. The van der Waals surface area contributed by atoms with Crippen molar-refractivity contribution in [3.8, 4) is 11.5 Å². The number of rotatable bonds is 6. The van der Waals surface area contributed by atoms with Crippen LogP contribution < -0.4 is 20.8 Å². The highest BCUT2D eigenvalue weighted by Gasteiger charge is 2.09. The average Bonchev–Trinajstić information content (AvgIpc) is 2.48. The molecule has 0 aliphatic rings. The van der Waals surface area contributed by atoms with E-state index in [1.807, 2.05) is 31.2 Å². The lowest BCUT2D eigenvalue weighted by Crippen LogP contribution is -2.21. The number of hydrogen-bond acceptors (Lipinski definition) is 4. The van der Waals surface area contributed by atoms with Gasteiger partial charge in [0, 0.05) is 29.9 Å². The summed E-state index contributed by atoms with van der Waals surface area (Å²) in [6.45, 7) is 2.77. The SMILES string of the molecule is COc1ccc([C@H](C)N)c(OCCn2ccccc2=O)c1. The van der Waals surface area contributed by atoms with Gasteiger partial charge in [-0.3, -0.25) is 4.79 Å². The van der Waals surface area contributed by atoms with E-state index < -0.39 is 0 Å². The maximum absolute atomic E-state index is 11.6. The first-order chi connectivity index (χ1) is 10.1. The van der Waals surface area contributed by atoms with Gasteiger partial charge in [-0.25, -0.2) is 0 Å². The number of aromatic nitrogens is 1. The van der Waals surface area contributed by atoms with Crippen LogP contribution in [-0.2, 0) is 6.54 Å². The predicted molar refractivity (Wildman–Crippen MR) is 81.8 cm³/mol. The molecule has 0 spiro atoms. The van der Waals surface area contributed by atoms with Gasteiger partial charge in [-0.15, -0.1) is 0 Å². The van der Waals surface area contributed by atoms with Crippen molar-refractivity contribution in [2.24, 2.45) is 5.73 Å². The standard InChI is InChI=1S/C16H20N2O3/c1-12(17)14-7-6-13(20-2)11-15(14)21-10-9-18-8-4-3-5-16(18)19/h3-8,11-12H,9-10,17H2,1-2H3/t12-/m0/s1. The topological polar surface area (TPSA) is 66.5 Å². The first-order valence-corrected chi connectivity index (χ1v) is 6.83. The molecule has 0 bridgehead atoms. The Morgan fingerprint density at radius 3 is 2.76 bits per heavy atom. The zero-order chi connectivity index (χ0) is 15.2. The van der Waals surface area contributed by atoms with Crippen LogP contribution in [0.1, 0.15) is 18.5 Å². The van der Waals surface area contributed by atoms with Crippen LogP contribution in [0.15, 0.2) is 47.4 Å². The van der Waals surface area contributed by atoms with Crippen molar-refractivity contribution in [2.75, 3.05) is 13.7 Å². The molecule has 0 saturated carbocycles. The minimum atomic E-state index is -0.134. The fourth-order valence-corrected chi connectivity index (χ4v) is 2.04. The molecule has 0 aliphatic carbocycles. The van der Waals surface area contributed by atoms with Gasteiger partial charge in [0.05, 0.1) is 13.7 Å². The van der Waals surface area contributed by atoms with Crippen LogP contribution in [0.2, 0.25) is 0 Å². The molecule has 5 nitrogen and oxygen atoms in total. The highest BCUT2D eigenvalue weighted by molar-refractivity contribution is 5.42. The molecular formula is C16H20N2O3. The third-order valence-electron chi connectivity index (χ3n) is 3.20. The van der Waals surface area contributed by atoms with Gasteiger partial charge < -0.3 is 19.8 Å². The van der Waals surface area contributed by atoms with Crippen molar-refractivity contribution in [3.05, 3.63) is 58.5 Å². The van der Waals surface area contributed by atoms with Crippen LogP contribution in [-0.4, -0.2) is 18.3 Å². The van der Waals surface area contributed by atoms with Gasteiger partial charge in [-0.1, -0.05) is 12.1 Å². The lowest BCUT2D eigenvalue weighted by molar-refractivity contribution is 0.290. The van der Waals surface area contributed by atoms with Crippen LogP contribution >= 0.6 is 0 Å². The summed E-state index contributed by atoms with van der Waals surface area (Å²) in [6, 6.07) is 10.5. The Hall–Kier alpha value is -2.27. The summed E-state index contributed by atoms with van der Waals surface area (Å²) in [4.78, 5) is 11.6. The molecule has 2 N–H and O–H groups in total. The van der Waals surface area contributed by atoms with E-state index in [-0.39, 0.29) is 11.6 Å². The quantitative estimate of drug-likeness (QED) is 0.882. The summed E-state index contributed by atoms with van der Waals surface area (Å²) in [7, 11) is 1.61. The van der Waals surface area contributed by atoms with Crippen molar-refractivity contribution >= 4 is 0 Å². The highest BCUT2D eigenvalue weighted by atomic mass is 16.5. The van der Waals surface area contributed by atoms with E-state index in [2.05, 4.69) is 0 Å². The molecule has 1 atom stereocenters. The Balaban J connectivity index is 2.08. The summed E-state index contributed by atoms with van der Waals surface area (Å²) in [6.07, 6.45) is 1.74. The Kier molecular flexibility index (Phi) is 5.00. The predicted octanol–water partition coefficient (Wildman–Crippen LogP) is 1.96. The summed E-state index contributed by atoms with van der Waals surface area (Å²) >= 11 is 0. The Morgan fingerprint density at radius 2 is 2.10 bits per heavy atom. The minimum absolute atomic E-state index is 0.0424. The number of nitrogens with zero attached hydrogens (tertiary/aromatic N) is 1. The number of nitrogens with two attached hydrogens (primary N) is 1. The van der Waals surface area contributed by atoms with Gasteiger partial charge in [-0.05, 0) is 19.1 Å². The van der Waals surface area contributed by atoms with Crippen molar-refractivity contribution in [3.63, 3.8) is 0 Å². The van der Waals surface area contributed by atoms with Gasteiger partial charge in [-0.2, -0.15) is 0 Å². The number of methoxy groups -OCH3 is 1. The van der Waals surface area contributed by atoms with E-state index in [0.717, 1.165) is 5.56 Å². The van der Waals surface area contributed by atoms with E-state index in [1.54, 1.807) is 23.9 Å². The monoisotopic (exact) mass is 288 g/mol. The van der Waals surface area contributed by atoms with Crippen LogP contribution in [0.4, 0.5) is 0 Å². The van der Waals surface area contributed by atoms with Gasteiger partial charge in [0.15, 0.2) is 0 Å². The van der Waals surface area contributed by atoms with Gasteiger partial charge in [0.1, 0.15) is 18.1 Å². The fraction of sp³-hybridized carbons (Fsp3) is 0.312. The van der Waals surface area contributed by atoms with Crippen molar-refractivity contribution in [1.82, 2.24) is 4.57 Å². The maximum atomic E-state index is 11.6. The van der Waals surface area contributed by atoms with E-state index in [4.69, 9.17) is 15.2 Å². The van der Waals surface area contributed by atoms with E-state index >= 15 is 0 Å². The summed E-state index contributed by atoms with van der Waals surface area (Å²) in [5, 5.41) is 0. The molecule has 1 aromatic heterocycles. The molecule has 5 heteroatoms. The second-order valence-corrected chi connectivity index (χ2v) is 4.77. The van der Waals surface area contributed by atoms with Gasteiger partial charge >= 0.3 is 0 Å². The summed E-state index contributed by atoms with van der Waals surface area (Å²) < 4.78 is 12.6. The van der Waals surface area contributed by atoms with Crippen molar-refractivity contribution in [2.45, 2.75) is 19.5 Å². The van der Waals surface area contributed by atoms with Crippen LogP contribution in [0.25, 0.3) is 0 Å². The Bertz CT molecular complexity index is 650. The van der Waals surface area contributed by atoms with Crippen molar-refractivity contribution in [1.29, 1.82) is 0 Å². The molecule has 1 aromatic carbocycles. The smallest absolute Gasteiger partial charge is 0.250 e. The number of hydrogen-bond donors (Lipinski definition) is 1. The summed E-state index contributed by atoms with van der Waals surface area (Å²) in [5.74, 6) is 1.40. The third kappa shape index (κ3) is 3.86. The fourth-order valence-electron chi connectivity index (χ4n) is 2.04. The summed E-state index contributed by atoms with van der Waals surface area (Å²) in [5.41, 5.74) is 6.81. The molecule has 0 aliphatic heterocycles. The normalized spacial score (nSPS) is 12.0. The molecule has 2 rings (SSSR count). The molecule has 21 heavy (non-hydrogen) atoms. The van der Waals surface area contributed by atoms with Crippen molar-refractivity contribution < 1.29 is 9.47 Å². The number of pyridine rings is 1. The molecule has 112 valence electrons. The van der Waals surface area contributed by atoms with Gasteiger partial charge in [0.25, 0.3) is 5.56 Å². The molecule has 2 aromatic rings. The molecule has 0 radical (unpaired) electrons. The zero-order valence-corrected chi connectivity index (χ0v) is 12.3. The molecule has 1 heterocycles. The Labute approximate surface area is 123 Å². The minimum Gasteiger partial charge on any atom is -0.497 e. The first kappa shape index (κ1) is 15.1. The molecule has 0 saturated heterocycles. The van der Waals surface area contributed by atoms with E-state index in [9.17, 15) is 4.79 Å². The van der Waals surface area contributed by atoms with Gasteiger partial charge in [0.2, 0.25) is 0 Å².